The molecule has 1 aromatic heterocycles. The van der Waals surface area contributed by atoms with E-state index in [-0.39, 0.29) is 12.3 Å². The van der Waals surface area contributed by atoms with Crippen molar-refractivity contribution in [2.45, 2.75) is 102 Å². The van der Waals surface area contributed by atoms with Crippen molar-refractivity contribution in [3.05, 3.63) is 35.2 Å². The van der Waals surface area contributed by atoms with Crippen LogP contribution in [-0.2, 0) is 6.54 Å². The lowest BCUT2D eigenvalue weighted by Gasteiger charge is -2.60. The van der Waals surface area contributed by atoms with Gasteiger partial charge in [0.2, 0.25) is 0 Å². The fourth-order valence-corrected chi connectivity index (χ4v) is 8.83. The third-order valence-electron chi connectivity index (χ3n) is 10.2. The maximum Gasteiger partial charge on any atom is 0.103 e. The number of aliphatic imine (C=N–C) groups is 1. The Balaban J connectivity index is 1.13. The van der Waals surface area contributed by atoms with Crippen molar-refractivity contribution in [1.82, 2.24) is 20.9 Å². The molecule has 5 aliphatic carbocycles. The topological polar surface area (TPSA) is 105 Å². The summed E-state index contributed by atoms with van der Waals surface area (Å²) < 4.78 is 0. The van der Waals surface area contributed by atoms with Gasteiger partial charge in [-0.3, -0.25) is 10.3 Å². The lowest BCUT2D eigenvalue weighted by atomic mass is 9.48. The molecule has 6 atom stereocenters. The van der Waals surface area contributed by atoms with Crippen LogP contribution >= 0.6 is 11.8 Å². The summed E-state index contributed by atoms with van der Waals surface area (Å²) in [7, 11) is 0. The summed E-state index contributed by atoms with van der Waals surface area (Å²) in [5.41, 5.74) is 3.06. The Hall–Kier alpha value is -1.92. The Morgan fingerprint density at radius 3 is 2.70 bits per heavy atom. The van der Waals surface area contributed by atoms with Crippen LogP contribution in [0.1, 0.15) is 77.2 Å². The van der Waals surface area contributed by atoms with Gasteiger partial charge in [0.05, 0.1) is 17.8 Å². The van der Waals surface area contributed by atoms with Gasteiger partial charge in [0.1, 0.15) is 11.1 Å². The number of nitrogens with zero attached hydrogens (tertiary/aromatic N) is 3. The minimum atomic E-state index is -0.0997. The summed E-state index contributed by atoms with van der Waals surface area (Å²) in [6, 6.07) is 7.08. The smallest absolute Gasteiger partial charge is 0.103 e. The van der Waals surface area contributed by atoms with E-state index < -0.39 is 0 Å². The van der Waals surface area contributed by atoms with Gasteiger partial charge < -0.3 is 15.7 Å². The van der Waals surface area contributed by atoms with Gasteiger partial charge >= 0.3 is 0 Å². The number of hydrogen-bond acceptors (Lipinski definition) is 8. The molecule has 5 aliphatic rings. The van der Waals surface area contributed by atoms with E-state index in [2.05, 4.69) is 38.1 Å². The van der Waals surface area contributed by atoms with E-state index in [1.807, 2.05) is 32.4 Å². The fraction of sp³-hybridized carbons (Fsp3) is 0.719. The first-order valence-electron chi connectivity index (χ1n) is 15.4. The van der Waals surface area contributed by atoms with Crippen molar-refractivity contribution >= 4 is 18.0 Å². The quantitative estimate of drug-likeness (QED) is 0.160. The third-order valence-corrected chi connectivity index (χ3v) is 10.9. The SMILES string of the molecule is CSc1ncccc1CNC(C)/N=C\C(C#N)=C(/C)NC[C@]12CC3C[C@H](C1)[C@@H](NC[C@H]1CC[C@@H](O)CC1)[C@@H](C3)C2. The van der Waals surface area contributed by atoms with Crippen molar-refractivity contribution in [2.75, 3.05) is 19.3 Å². The highest BCUT2D eigenvalue weighted by Crippen LogP contribution is 2.59. The first-order chi connectivity index (χ1) is 19.4. The largest absolute Gasteiger partial charge is 0.393 e. The normalized spacial score (nSPS) is 34.5. The molecule has 8 heteroatoms. The van der Waals surface area contributed by atoms with Crippen LogP contribution in [0, 0.1) is 40.4 Å². The number of allylic oxidation sites excluding steroid dienone is 2. The number of aliphatic hydroxyl groups is 1. The lowest BCUT2D eigenvalue weighted by molar-refractivity contribution is -0.0752. The summed E-state index contributed by atoms with van der Waals surface area (Å²) in [4.78, 5) is 9.05. The van der Waals surface area contributed by atoms with Gasteiger partial charge in [-0.05, 0) is 125 Å². The molecule has 5 fully saturated rings. The van der Waals surface area contributed by atoms with Gasteiger partial charge in [-0.1, -0.05) is 6.07 Å². The van der Waals surface area contributed by atoms with Crippen LogP contribution in [-0.4, -0.2) is 54.0 Å². The second kappa shape index (κ2) is 13.4. The van der Waals surface area contributed by atoms with Crippen LogP contribution in [0.2, 0.25) is 0 Å². The zero-order chi connectivity index (χ0) is 28.1. The first-order valence-corrected chi connectivity index (χ1v) is 16.6. The molecule has 5 saturated carbocycles. The molecule has 218 valence electrons. The number of hydrogen-bond donors (Lipinski definition) is 4. The molecule has 0 saturated heterocycles. The molecule has 4 bridgehead atoms. The van der Waals surface area contributed by atoms with Crippen molar-refractivity contribution in [3.63, 3.8) is 0 Å². The van der Waals surface area contributed by atoms with Crippen molar-refractivity contribution < 1.29 is 5.11 Å². The van der Waals surface area contributed by atoms with Crippen LogP contribution in [0.4, 0.5) is 0 Å². The maximum atomic E-state index is 9.87. The first kappa shape index (κ1) is 29.6. The second-order valence-electron chi connectivity index (χ2n) is 13.1. The number of pyridine rings is 1. The predicted octanol–water partition coefficient (Wildman–Crippen LogP) is 5.03. The van der Waals surface area contributed by atoms with Gasteiger partial charge in [-0.2, -0.15) is 5.26 Å². The van der Waals surface area contributed by atoms with Crippen LogP contribution in [0.5, 0.6) is 0 Å². The molecule has 2 unspecified atom stereocenters. The average Bonchev–Trinajstić information content (AvgIpc) is 2.95. The molecule has 0 radical (unpaired) electrons. The van der Waals surface area contributed by atoms with Gasteiger partial charge in [0.15, 0.2) is 0 Å². The van der Waals surface area contributed by atoms with Crippen LogP contribution in [0.15, 0.2) is 39.6 Å². The molecule has 4 N–H and O–H groups in total. The Morgan fingerprint density at radius 2 is 2.00 bits per heavy atom. The van der Waals surface area contributed by atoms with E-state index >= 15 is 0 Å². The van der Waals surface area contributed by atoms with E-state index in [0.29, 0.717) is 23.6 Å². The average molecular weight is 565 g/mol. The highest BCUT2D eigenvalue weighted by atomic mass is 32.2. The maximum absolute atomic E-state index is 9.87. The summed E-state index contributed by atoms with van der Waals surface area (Å²) >= 11 is 1.65. The molecule has 1 heterocycles. The van der Waals surface area contributed by atoms with Crippen molar-refractivity contribution in [3.8, 4) is 6.07 Å². The van der Waals surface area contributed by atoms with Crippen LogP contribution < -0.4 is 16.0 Å². The molecule has 0 amide bonds. The molecular formula is C32H48N6OS. The molecule has 0 aliphatic heterocycles. The number of nitriles is 1. The molecule has 0 spiro atoms. The fourth-order valence-electron chi connectivity index (χ4n) is 8.26. The van der Waals surface area contributed by atoms with Crippen molar-refractivity contribution in [2.24, 2.45) is 34.1 Å². The Morgan fingerprint density at radius 1 is 1.25 bits per heavy atom. The highest BCUT2D eigenvalue weighted by Gasteiger charge is 2.55. The number of nitrogens with one attached hydrogen (secondary N) is 3. The number of thioether (sulfide) groups is 1. The molecule has 7 nitrogen and oxygen atoms in total. The summed E-state index contributed by atoms with van der Waals surface area (Å²) in [6.45, 7) is 6.81. The van der Waals surface area contributed by atoms with E-state index in [1.165, 1.54) is 44.9 Å². The molecule has 40 heavy (non-hydrogen) atoms. The van der Waals surface area contributed by atoms with E-state index in [4.69, 9.17) is 0 Å². The molecule has 1 aromatic rings. The summed E-state index contributed by atoms with van der Waals surface area (Å²) in [5.74, 6) is 3.15. The third kappa shape index (κ3) is 7.10. The Bertz CT molecular complexity index is 1090. The Labute approximate surface area is 245 Å². The predicted molar refractivity (Wildman–Crippen MR) is 163 cm³/mol. The van der Waals surface area contributed by atoms with Gasteiger partial charge in [-0.25, -0.2) is 4.98 Å². The van der Waals surface area contributed by atoms with Gasteiger partial charge in [0.25, 0.3) is 0 Å². The Kier molecular flexibility index (Phi) is 9.89. The van der Waals surface area contributed by atoms with E-state index in [9.17, 15) is 10.4 Å². The van der Waals surface area contributed by atoms with Gasteiger partial charge in [-0.15, -0.1) is 11.8 Å². The monoisotopic (exact) mass is 564 g/mol. The highest BCUT2D eigenvalue weighted by molar-refractivity contribution is 7.98. The summed E-state index contributed by atoms with van der Waals surface area (Å²) in [6.07, 6.45) is 16.4. The van der Waals surface area contributed by atoms with E-state index in [0.717, 1.165) is 65.9 Å². The van der Waals surface area contributed by atoms with E-state index in [1.54, 1.807) is 18.0 Å². The second-order valence-corrected chi connectivity index (χ2v) is 13.9. The molecule has 0 aromatic carbocycles. The van der Waals surface area contributed by atoms with Crippen molar-refractivity contribution in [1.29, 1.82) is 5.26 Å². The minimum Gasteiger partial charge on any atom is -0.393 e. The van der Waals surface area contributed by atoms with Gasteiger partial charge in [0, 0.05) is 37.2 Å². The lowest BCUT2D eigenvalue weighted by Crippen LogP contribution is -2.60. The van der Waals surface area contributed by atoms with Crippen LogP contribution in [0.25, 0.3) is 0 Å². The number of aliphatic hydroxyl groups excluding tert-OH is 1. The molecular weight excluding hydrogens is 516 g/mol. The molecule has 6 rings (SSSR count). The standard InChI is InChI=1S/C32H48N6OS/c1-21(28(16-33)19-36-22(2)35-18-25-5-4-10-34-31(25)40-3)38-20-32-13-24-11-26(14-32)30(27(12-24)15-32)37-17-23-6-8-29(39)9-7-23/h4-5,10,19,22-24,26-27,29-30,35,37-39H,6-9,11-15,17-18,20H2,1-3H3/b28-21+,36-19-/t22?,23-,24?,26-,27+,29+,30-,32-. The van der Waals surface area contributed by atoms with Crippen LogP contribution in [0.3, 0.4) is 0 Å². The number of rotatable bonds is 12. The zero-order valence-electron chi connectivity index (χ0n) is 24.5. The number of aromatic nitrogens is 1. The summed E-state index contributed by atoms with van der Waals surface area (Å²) in [5, 5.41) is 31.9. The zero-order valence-corrected chi connectivity index (χ0v) is 25.3. The minimum absolute atomic E-state index is 0.0686.